The number of hydrogen-bond donors (Lipinski definition) is 1. The van der Waals surface area contributed by atoms with Crippen LogP contribution in [0.25, 0.3) is 4.96 Å². The van der Waals surface area contributed by atoms with Crippen molar-refractivity contribution < 1.29 is 0 Å². The molecule has 2 heterocycles. The lowest BCUT2D eigenvalue weighted by atomic mass is 10.2. The van der Waals surface area contributed by atoms with Gasteiger partial charge in [0.15, 0.2) is 4.96 Å². The normalized spacial score (nSPS) is 11.3. The van der Waals surface area contributed by atoms with Crippen LogP contribution in [0, 0.1) is 13.8 Å². The summed E-state index contributed by atoms with van der Waals surface area (Å²) in [6.07, 6.45) is 2.93. The molecule has 20 heavy (non-hydrogen) atoms. The molecule has 0 aliphatic carbocycles. The van der Waals surface area contributed by atoms with Gasteiger partial charge in [-0.25, -0.2) is 4.98 Å². The minimum absolute atomic E-state index is 0.643. The van der Waals surface area contributed by atoms with E-state index in [0.717, 1.165) is 16.4 Å². The smallest absolute Gasteiger partial charge is 0.194 e. The Hall–Kier alpha value is -1.30. The third-order valence-corrected chi connectivity index (χ3v) is 5.19. The summed E-state index contributed by atoms with van der Waals surface area (Å²) >= 11 is 3.41. The van der Waals surface area contributed by atoms with Gasteiger partial charge in [0.1, 0.15) is 5.03 Å². The molecule has 0 saturated heterocycles. The van der Waals surface area contributed by atoms with Gasteiger partial charge in [0.2, 0.25) is 0 Å². The fourth-order valence-electron chi connectivity index (χ4n) is 2.18. The molecule has 0 amide bonds. The summed E-state index contributed by atoms with van der Waals surface area (Å²) in [6.45, 7) is 4.91. The molecule has 0 bridgehead atoms. The highest BCUT2D eigenvalue weighted by Crippen LogP contribution is 2.34. The summed E-state index contributed by atoms with van der Waals surface area (Å²) in [7, 11) is 0. The molecule has 1 aromatic carbocycles. The van der Waals surface area contributed by atoms with Crippen LogP contribution >= 0.6 is 23.1 Å². The van der Waals surface area contributed by atoms with Crippen molar-refractivity contribution in [1.29, 1.82) is 0 Å². The van der Waals surface area contributed by atoms with Crippen LogP contribution in [-0.4, -0.2) is 15.9 Å². The topological polar surface area (TPSA) is 43.3 Å². The van der Waals surface area contributed by atoms with Crippen molar-refractivity contribution in [2.24, 2.45) is 5.73 Å². The SMILES string of the molecule is Cc1ccc(C)c(Sc2nc3sccn3c2CCN)c1. The summed E-state index contributed by atoms with van der Waals surface area (Å²) in [5.41, 5.74) is 9.53. The van der Waals surface area contributed by atoms with Crippen molar-refractivity contribution >= 4 is 28.1 Å². The zero-order valence-corrected chi connectivity index (χ0v) is 13.2. The monoisotopic (exact) mass is 303 g/mol. The Morgan fingerprint density at radius 1 is 1.35 bits per heavy atom. The van der Waals surface area contributed by atoms with Crippen LogP contribution in [-0.2, 0) is 6.42 Å². The van der Waals surface area contributed by atoms with Crippen LogP contribution < -0.4 is 5.73 Å². The Morgan fingerprint density at radius 3 is 3.00 bits per heavy atom. The van der Waals surface area contributed by atoms with Crippen molar-refractivity contribution in [3.05, 3.63) is 46.6 Å². The second-order valence-electron chi connectivity index (χ2n) is 4.83. The van der Waals surface area contributed by atoms with E-state index in [-0.39, 0.29) is 0 Å². The van der Waals surface area contributed by atoms with E-state index in [1.807, 2.05) is 0 Å². The minimum atomic E-state index is 0.643. The second-order valence-corrected chi connectivity index (χ2v) is 6.73. The number of thiazole rings is 1. The molecule has 0 spiro atoms. The first kappa shape index (κ1) is 13.7. The van der Waals surface area contributed by atoms with Gasteiger partial charge in [-0.05, 0) is 37.6 Å². The van der Waals surface area contributed by atoms with Crippen LogP contribution in [0.15, 0.2) is 39.7 Å². The van der Waals surface area contributed by atoms with E-state index >= 15 is 0 Å². The van der Waals surface area contributed by atoms with Crippen LogP contribution in [0.4, 0.5) is 0 Å². The summed E-state index contributed by atoms with van der Waals surface area (Å²) in [6, 6.07) is 6.53. The molecule has 2 N–H and O–H groups in total. The number of imidazole rings is 1. The van der Waals surface area contributed by atoms with E-state index < -0.39 is 0 Å². The number of nitrogens with zero attached hydrogens (tertiary/aromatic N) is 2. The van der Waals surface area contributed by atoms with E-state index in [4.69, 9.17) is 10.7 Å². The largest absolute Gasteiger partial charge is 0.330 e. The van der Waals surface area contributed by atoms with Gasteiger partial charge in [-0.1, -0.05) is 23.9 Å². The molecule has 0 atom stereocenters. The highest BCUT2D eigenvalue weighted by molar-refractivity contribution is 7.99. The lowest BCUT2D eigenvalue weighted by Gasteiger charge is -2.07. The quantitative estimate of drug-likeness (QED) is 0.800. The number of rotatable bonds is 4. The molecule has 3 nitrogen and oxygen atoms in total. The standard InChI is InChI=1S/C15H17N3S2/c1-10-3-4-11(2)13(9-10)20-14-12(5-6-16)18-7-8-19-15(18)17-14/h3-4,7-9H,5-6,16H2,1-2H3. The van der Waals surface area contributed by atoms with Crippen LogP contribution in [0.1, 0.15) is 16.8 Å². The molecule has 0 aliphatic rings. The van der Waals surface area contributed by atoms with Crippen LogP contribution in [0.2, 0.25) is 0 Å². The Kier molecular flexibility index (Phi) is 3.83. The van der Waals surface area contributed by atoms with Gasteiger partial charge in [0.25, 0.3) is 0 Å². The van der Waals surface area contributed by atoms with E-state index in [1.54, 1.807) is 23.1 Å². The van der Waals surface area contributed by atoms with E-state index in [1.165, 1.54) is 21.7 Å². The number of nitrogens with two attached hydrogens (primary N) is 1. The average molecular weight is 303 g/mol. The number of aryl methyl sites for hydroxylation is 2. The van der Waals surface area contributed by atoms with Gasteiger partial charge in [-0.2, -0.15) is 0 Å². The first-order chi connectivity index (χ1) is 9.69. The fraction of sp³-hybridized carbons (Fsp3) is 0.267. The summed E-state index contributed by atoms with van der Waals surface area (Å²) in [4.78, 5) is 7.06. The molecule has 3 rings (SSSR count). The van der Waals surface area contributed by atoms with Crippen molar-refractivity contribution in [3.8, 4) is 0 Å². The average Bonchev–Trinajstić information content (AvgIpc) is 2.98. The highest BCUT2D eigenvalue weighted by atomic mass is 32.2. The van der Waals surface area contributed by atoms with Crippen LogP contribution in [0.5, 0.6) is 0 Å². The molecule has 0 unspecified atom stereocenters. The number of benzene rings is 1. The predicted octanol–water partition coefficient (Wildman–Crippen LogP) is 3.67. The first-order valence-corrected chi connectivity index (χ1v) is 8.28. The molecule has 2 aromatic heterocycles. The molecule has 5 heteroatoms. The Morgan fingerprint density at radius 2 is 2.20 bits per heavy atom. The third-order valence-electron chi connectivity index (χ3n) is 3.26. The molecule has 0 aliphatic heterocycles. The van der Waals surface area contributed by atoms with Gasteiger partial charge >= 0.3 is 0 Å². The second kappa shape index (κ2) is 5.60. The van der Waals surface area contributed by atoms with Crippen LogP contribution in [0.3, 0.4) is 0 Å². The minimum Gasteiger partial charge on any atom is -0.330 e. The lowest BCUT2D eigenvalue weighted by molar-refractivity contribution is 0.878. The zero-order valence-electron chi connectivity index (χ0n) is 11.6. The van der Waals surface area contributed by atoms with Crippen molar-refractivity contribution in [3.63, 3.8) is 0 Å². The maximum absolute atomic E-state index is 5.75. The van der Waals surface area contributed by atoms with E-state index in [2.05, 4.69) is 48.0 Å². The van der Waals surface area contributed by atoms with Crippen molar-refractivity contribution in [1.82, 2.24) is 9.38 Å². The summed E-state index contributed by atoms with van der Waals surface area (Å²) in [5, 5.41) is 3.14. The maximum Gasteiger partial charge on any atom is 0.194 e. The zero-order chi connectivity index (χ0) is 14.1. The molecule has 104 valence electrons. The number of fused-ring (bicyclic) bond motifs is 1. The molecule has 0 radical (unpaired) electrons. The van der Waals surface area contributed by atoms with Gasteiger partial charge < -0.3 is 5.73 Å². The Labute approximate surface area is 126 Å². The summed E-state index contributed by atoms with van der Waals surface area (Å²) in [5.74, 6) is 0. The molecule has 0 fully saturated rings. The highest BCUT2D eigenvalue weighted by Gasteiger charge is 2.14. The van der Waals surface area contributed by atoms with Crippen molar-refractivity contribution in [2.75, 3.05) is 6.54 Å². The van der Waals surface area contributed by atoms with E-state index in [9.17, 15) is 0 Å². The third kappa shape index (κ3) is 2.49. The fourth-order valence-corrected chi connectivity index (χ4v) is 4.10. The summed E-state index contributed by atoms with van der Waals surface area (Å²) < 4.78 is 2.16. The molecule has 0 saturated carbocycles. The number of hydrogen-bond acceptors (Lipinski definition) is 4. The number of aromatic nitrogens is 2. The van der Waals surface area contributed by atoms with Gasteiger partial charge in [-0.15, -0.1) is 11.3 Å². The van der Waals surface area contributed by atoms with Gasteiger partial charge in [0, 0.05) is 22.9 Å². The molecule has 3 aromatic rings. The first-order valence-electron chi connectivity index (χ1n) is 6.58. The predicted molar refractivity (Wildman–Crippen MR) is 85.9 cm³/mol. The van der Waals surface area contributed by atoms with Gasteiger partial charge in [-0.3, -0.25) is 4.40 Å². The molecular weight excluding hydrogens is 286 g/mol. The Bertz CT molecular complexity index is 743. The lowest BCUT2D eigenvalue weighted by Crippen LogP contribution is -2.05. The van der Waals surface area contributed by atoms with E-state index in [0.29, 0.717) is 6.54 Å². The molecular formula is C15H17N3S2. The maximum atomic E-state index is 5.75. The van der Waals surface area contributed by atoms with Crippen molar-refractivity contribution in [2.45, 2.75) is 30.2 Å². The van der Waals surface area contributed by atoms with Gasteiger partial charge in [0.05, 0.1) is 5.69 Å². The Balaban J connectivity index is 2.03.